The monoisotopic (exact) mass is 491 g/mol. The van der Waals surface area contributed by atoms with Crippen molar-refractivity contribution in [3.63, 3.8) is 0 Å². The summed E-state index contributed by atoms with van der Waals surface area (Å²) >= 11 is 0. The quantitative estimate of drug-likeness (QED) is 0.329. The molecule has 34 heavy (non-hydrogen) atoms. The summed E-state index contributed by atoms with van der Waals surface area (Å²) in [5.74, 6) is 0.294. The van der Waals surface area contributed by atoms with Gasteiger partial charge in [-0.2, -0.15) is 4.98 Å². The number of hydrogen-bond acceptors (Lipinski definition) is 6. The summed E-state index contributed by atoms with van der Waals surface area (Å²) in [6.07, 6.45) is 1.73. The summed E-state index contributed by atoms with van der Waals surface area (Å²) < 4.78 is 30.8. The van der Waals surface area contributed by atoms with Crippen molar-refractivity contribution in [2.45, 2.75) is 64.6 Å². The average molecular weight is 492 g/mol. The summed E-state index contributed by atoms with van der Waals surface area (Å²) in [5, 5.41) is 0.0446. The first kappa shape index (κ1) is 26.4. The molecule has 186 valence electrons. The van der Waals surface area contributed by atoms with E-state index in [4.69, 9.17) is 24.6 Å². The van der Waals surface area contributed by atoms with Crippen LogP contribution in [0.2, 0.25) is 18.1 Å². The lowest BCUT2D eigenvalue weighted by Gasteiger charge is -2.37. The summed E-state index contributed by atoms with van der Waals surface area (Å²) in [7, 11) is 1.03. The van der Waals surface area contributed by atoms with E-state index in [1.165, 1.54) is 26.4 Å². The zero-order valence-electron chi connectivity index (χ0n) is 21.1. The largest absolute Gasteiger partial charge is 0.426 e. The summed E-state index contributed by atoms with van der Waals surface area (Å²) in [6.45, 7) is 11.7. The third-order valence-electron chi connectivity index (χ3n) is 7.02. The van der Waals surface area contributed by atoms with Crippen LogP contribution in [0.5, 0.6) is 0 Å². The Morgan fingerprint density at radius 2 is 1.94 bits per heavy atom. The minimum atomic E-state index is -2.04. The molecule has 3 rings (SSSR count). The fraction of sp³-hybridized carbons (Fsp3) is 0.542. The van der Waals surface area contributed by atoms with Gasteiger partial charge in [0.15, 0.2) is 8.32 Å². The van der Waals surface area contributed by atoms with Crippen LogP contribution < -0.4 is 10.2 Å². The number of ether oxygens (including phenoxy) is 2. The number of nitrogens with two attached hydrogens (primary N) is 1. The molecule has 0 aliphatic carbocycles. The van der Waals surface area contributed by atoms with Crippen LogP contribution in [0.15, 0.2) is 24.4 Å². The van der Waals surface area contributed by atoms with Gasteiger partial charge >= 0.3 is 6.03 Å². The van der Waals surface area contributed by atoms with Gasteiger partial charge in [-0.15, -0.1) is 4.48 Å². The number of rotatable bonds is 7. The van der Waals surface area contributed by atoms with Crippen molar-refractivity contribution in [1.82, 2.24) is 14.5 Å². The van der Waals surface area contributed by atoms with Crippen molar-refractivity contribution in [3.8, 4) is 0 Å². The molecular weight excluding hydrogens is 455 g/mol. The summed E-state index contributed by atoms with van der Waals surface area (Å²) in [4.78, 5) is 22.1. The smallest absolute Gasteiger partial charge is 0.412 e. The lowest BCUT2D eigenvalue weighted by atomic mass is 9.99. The number of primary amides is 1. The first-order chi connectivity index (χ1) is 15.9. The Kier molecular flexibility index (Phi) is 7.59. The van der Waals surface area contributed by atoms with Crippen LogP contribution in [-0.2, 0) is 26.9 Å². The molecule has 0 saturated carbocycles. The Bertz CT molecular complexity index is 1040. The van der Waals surface area contributed by atoms with E-state index in [1.54, 1.807) is 0 Å². The molecule has 0 radical (unpaired) electrons. The Morgan fingerprint density at radius 3 is 2.47 bits per heavy atom. The fourth-order valence-electron chi connectivity index (χ4n) is 3.99. The second kappa shape index (κ2) is 9.78. The van der Waals surface area contributed by atoms with Gasteiger partial charge in [-0.3, -0.25) is 0 Å². The zero-order valence-corrected chi connectivity index (χ0v) is 22.1. The topological polar surface area (TPSA) is 96.6 Å². The van der Waals surface area contributed by atoms with Crippen LogP contribution >= 0.6 is 0 Å². The molecule has 2 N–H and O–H groups in total. The molecule has 1 aliphatic heterocycles. The molecular formula is C24H36FN4O4Si+. The molecule has 2 amide bonds. The van der Waals surface area contributed by atoms with Crippen LogP contribution in [-0.4, -0.2) is 45.1 Å². The third kappa shape index (κ3) is 4.78. The number of methoxy groups -OCH3 is 2. The van der Waals surface area contributed by atoms with E-state index >= 15 is 0 Å². The molecule has 1 aliphatic rings. The highest BCUT2D eigenvalue weighted by molar-refractivity contribution is 6.74. The highest BCUT2D eigenvalue weighted by Crippen LogP contribution is 2.42. The predicted octanol–water partition coefficient (Wildman–Crippen LogP) is 5.09. The molecule has 10 heteroatoms. The number of amides is 2. The lowest BCUT2D eigenvalue weighted by molar-refractivity contribution is -0.109. The molecule has 0 aromatic carbocycles. The number of aromatic nitrogens is 2. The first-order valence-corrected chi connectivity index (χ1v) is 14.3. The average Bonchev–Trinajstić information content (AvgIpc) is 2.77. The molecule has 0 saturated heterocycles. The molecule has 1 atom stereocenters. The molecule has 2 aromatic heterocycles. The van der Waals surface area contributed by atoms with Crippen LogP contribution in [0.3, 0.4) is 0 Å². The van der Waals surface area contributed by atoms with Gasteiger partial charge in [0.2, 0.25) is 17.9 Å². The van der Waals surface area contributed by atoms with Gasteiger partial charge in [-0.1, -0.05) is 20.8 Å². The number of quaternary nitrogens is 1. The number of nitrogens with zero attached hydrogens (tertiary/aromatic N) is 3. The van der Waals surface area contributed by atoms with E-state index in [9.17, 15) is 9.18 Å². The number of carbonyl (C=O) groups excluding carboxylic acids is 1. The molecule has 3 heterocycles. The van der Waals surface area contributed by atoms with Crippen molar-refractivity contribution < 1.29 is 23.1 Å². The summed E-state index contributed by atoms with van der Waals surface area (Å²) in [5.41, 5.74) is 8.20. The highest BCUT2D eigenvalue weighted by Gasteiger charge is 2.48. The van der Waals surface area contributed by atoms with Gasteiger partial charge in [-0.25, -0.2) is 14.2 Å². The van der Waals surface area contributed by atoms with Gasteiger partial charge < -0.3 is 19.6 Å². The van der Waals surface area contributed by atoms with E-state index in [-0.39, 0.29) is 5.04 Å². The van der Waals surface area contributed by atoms with Crippen molar-refractivity contribution in [2.75, 3.05) is 20.8 Å². The standard InChI is InChI=1S/C24H35FN4O4Si/c1-24(2,3)34(6,7)33-15-17-13-16-9-8-12-29(23(26)30,19-11-10-18(25)14-27-19)21(16)28-20(17)22(31-4)32-5/h10-11,13-14,22H,8-9,12,15H2,1-7H3,(H-,26,30)/p+1. The van der Waals surface area contributed by atoms with E-state index in [0.29, 0.717) is 36.9 Å². The van der Waals surface area contributed by atoms with Crippen molar-refractivity contribution in [2.24, 2.45) is 5.73 Å². The number of urea groups is 1. The Balaban J connectivity index is 2.18. The van der Waals surface area contributed by atoms with E-state index in [2.05, 4.69) is 38.8 Å². The third-order valence-corrected chi connectivity index (χ3v) is 11.5. The van der Waals surface area contributed by atoms with Crippen LogP contribution in [0.1, 0.15) is 50.3 Å². The second-order valence-electron chi connectivity index (χ2n) is 10.2. The van der Waals surface area contributed by atoms with Crippen molar-refractivity contribution >= 4 is 26.0 Å². The summed E-state index contributed by atoms with van der Waals surface area (Å²) in [6, 6.07) is 4.13. The van der Waals surface area contributed by atoms with Gasteiger partial charge in [0.05, 0.1) is 12.8 Å². The lowest BCUT2D eigenvalue weighted by Crippen LogP contribution is -2.56. The van der Waals surface area contributed by atoms with E-state index in [0.717, 1.165) is 23.7 Å². The molecule has 2 aromatic rings. The number of fused-ring (bicyclic) bond motifs is 1. The number of aryl methyl sites for hydroxylation is 1. The maximum atomic E-state index is 13.6. The van der Waals surface area contributed by atoms with Crippen molar-refractivity contribution in [1.29, 1.82) is 0 Å². The van der Waals surface area contributed by atoms with Crippen LogP contribution in [0, 0.1) is 5.82 Å². The minimum Gasteiger partial charge on any atom is -0.412 e. The van der Waals surface area contributed by atoms with E-state index < -0.39 is 30.9 Å². The van der Waals surface area contributed by atoms with Gasteiger partial charge in [0, 0.05) is 37.8 Å². The SMILES string of the molecule is COC(OC)c1nc2c(cc1CO[Si](C)(C)C(C)(C)C)CCC[N+]2(C(N)=O)c1ccc(F)cn1. The van der Waals surface area contributed by atoms with Crippen LogP contribution in [0.4, 0.5) is 20.8 Å². The molecule has 1 unspecified atom stereocenters. The Labute approximate surface area is 202 Å². The maximum absolute atomic E-state index is 13.6. The fourth-order valence-corrected chi connectivity index (χ4v) is 4.94. The number of pyridine rings is 2. The van der Waals surface area contributed by atoms with Gasteiger partial charge in [0.25, 0.3) is 0 Å². The molecule has 0 bridgehead atoms. The Morgan fingerprint density at radius 1 is 1.26 bits per heavy atom. The second-order valence-corrected chi connectivity index (χ2v) is 15.0. The van der Waals surface area contributed by atoms with E-state index in [1.807, 2.05) is 6.07 Å². The van der Waals surface area contributed by atoms with Crippen LogP contribution in [0.25, 0.3) is 0 Å². The van der Waals surface area contributed by atoms with Gasteiger partial charge in [0.1, 0.15) is 18.1 Å². The van der Waals surface area contributed by atoms with Gasteiger partial charge in [-0.05, 0) is 36.7 Å². The molecule has 0 fully saturated rings. The highest BCUT2D eigenvalue weighted by atomic mass is 28.4. The zero-order chi connectivity index (χ0) is 25.3. The first-order valence-electron chi connectivity index (χ1n) is 11.4. The number of halogens is 1. The normalized spacial score (nSPS) is 18.7. The van der Waals surface area contributed by atoms with Crippen molar-refractivity contribution in [3.05, 3.63) is 47.0 Å². The number of hydrogen-bond donors (Lipinski definition) is 1. The molecule has 8 nitrogen and oxygen atoms in total. The molecule has 0 spiro atoms. The maximum Gasteiger partial charge on any atom is 0.426 e. The number of carbonyl (C=O) groups is 1. The Hall–Kier alpha value is -2.24. The predicted molar refractivity (Wildman–Crippen MR) is 131 cm³/mol. The minimum absolute atomic E-state index is 0.0446.